The van der Waals surface area contributed by atoms with Crippen LogP contribution in [0.2, 0.25) is 0 Å². The lowest BCUT2D eigenvalue weighted by molar-refractivity contribution is 0.0525. The molecule has 1 heterocycles. The summed E-state index contributed by atoms with van der Waals surface area (Å²) in [4.78, 5) is 11.9. The Bertz CT molecular complexity index is 668. The summed E-state index contributed by atoms with van der Waals surface area (Å²) in [5.74, 6) is -0.368. The molecule has 0 saturated carbocycles. The van der Waals surface area contributed by atoms with Gasteiger partial charge in [0.05, 0.1) is 35.8 Å². The molecule has 0 aliphatic heterocycles. The van der Waals surface area contributed by atoms with Gasteiger partial charge in [-0.05, 0) is 31.5 Å². The highest BCUT2D eigenvalue weighted by molar-refractivity contribution is 5.90. The van der Waals surface area contributed by atoms with E-state index >= 15 is 0 Å². The van der Waals surface area contributed by atoms with Gasteiger partial charge in [0.15, 0.2) is 0 Å². The molecule has 102 valence electrons. The Labute approximate surface area is 117 Å². The summed E-state index contributed by atoms with van der Waals surface area (Å²) >= 11 is 0. The highest BCUT2D eigenvalue weighted by Crippen LogP contribution is 2.17. The first-order chi connectivity index (χ1) is 9.71. The number of benzene rings is 1. The number of carbonyl (C=O) groups is 1. The van der Waals surface area contributed by atoms with Crippen molar-refractivity contribution >= 4 is 5.97 Å². The fraction of sp³-hybridized carbons (Fsp3) is 0.267. The molecular weight excluding hydrogens is 254 g/mol. The average Bonchev–Trinajstić information content (AvgIpc) is 2.91. The smallest absolute Gasteiger partial charge is 0.341 e. The SMILES string of the molecule is CCOC(=O)c1cnn(-c2cccc(C#N)c2)c1CC. The van der Waals surface area contributed by atoms with Crippen molar-refractivity contribution in [3.63, 3.8) is 0 Å². The van der Waals surface area contributed by atoms with Crippen LogP contribution in [0.15, 0.2) is 30.5 Å². The second-order valence-corrected chi connectivity index (χ2v) is 4.15. The number of ether oxygens (including phenoxy) is 1. The summed E-state index contributed by atoms with van der Waals surface area (Å²) in [5, 5.41) is 13.2. The highest BCUT2D eigenvalue weighted by Gasteiger charge is 2.18. The molecule has 5 heteroatoms. The van der Waals surface area contributed by atoms with E-state index in [4.69, 9.17) is 10.00 Å². The topological polar surface area (TPSA) is 67.9 Å². The minimum absolute atomic E-state index is 0.330. The average molecular weight is 269 g/mol. The number of rotatable bonds is 4. The van der Waals surface area contributed by atoms with Crippen LogP contribution in [0.4, 0.5) is 0 Å². The molecule has 0 radical (unpaired) electrons. The van der Waals surface area contributed by atoms with Crippen molar-refractivity contribution in [3.05, 3.63) is 47.3 Å². The number of hydrogen-bond donors (Lipinski definition) is 0. The normalized spacial score (nSPS) is 10.1. The summed E-state index contributed by atoms with van der Waals surface area (Å²) < 4.78 is 6.69. The third-order valence-corrected chi connectivity index (χ3v) is 2.92. The molecule has 0 bridgehead atoms. The Hall–Kier alpha value is -2.61. The van der Waals surface area contributed by atoms with Gasteiger partial charge in [-0.2, -0.15) is 10.4 Å². The van der Waals surface area contributed by atoms with Gasteiger partial charge in [0, 0.05) is 0 Å². The summed E-state index contributed by atoms with van der Waals surface area (Å²) in [5.41, 5.74) is 2.56. The molecule has 0 amide bonds. The van der Waals surface area contributed by atoms with Crippen LogP contribution in [0.5, 0.6) is 0 Å². The summed E-state index contributed by atoms with van der Waals surface area (Å²) in [6.07, 6.45) is 2.15. The number of nitriles is 1. The number of carbonyl (C=O) groups excluding carboxylic acids is 1. The Morgan fingerprint density at radius 3 is 2.90 bits per heavy atom. The number of aromatic nitrogens is 2. The number of nitrogens with zero attached hydrogens (tertiary/aromatic N) is 3. The molecule has 2 aromatic rings. The van der Waals surface area contributed by atoms with Gasteiger partial charge in [0.1, 0.15) is 5.56 Å². The zero-order valence-corrected chi connectivity index (χ0v) is 11.5. The zero-order chi connectivity index (χ0) is 14.5. The molecule has 1 aromatic carbocycles. The first kappa shape index (κ1) is 13.8. The van der Waals surface area contributed by atoms with Gasteiger partial charge in [-0.25, -0.2) is 9.48 Å². The van der Waals surface area contributed by atoms with E-state index in [1.165, 1.54) is 6.20 Å². The summed E-state index contributed by atoms with van der Waals surface area (Å²) in [6, 6.07) is 9.20. The van der Waals surface area contributed by atoms with Crippen LogP contribution in [-0.4, -0.2) is 22.4 Å². The number of esters is 1. The fourth-order valence-electron chi connectivity index (χ4n) is 2.02. The molecule has 0 fully saturated rings. The van der Waals surface area contributed by atoms with Crippen LogP contribution in [-0.2, 0) is 11.2 Å². The first-order valence-corrected chi connectivity index (χ1v) is 6.45. The van der Waals surface area contributed by atoms with Gasteiger partial charge in [-0.15, -0.1) is 0 Å². The van der Waals surface area contributed by atoms with E-state index in [0.717, 1.165) is 11.4 Å². The van der Waals surface area contributed by atoms with E-state index in [1.54, 1.807) is 29.8 Å². The molecule has 0 aliphatic carbocycles. The Kier molecular flexibility index (Phi) is 4.16. The maximum atomic E-state index is 11.9. The third-order valence-electron chi connectivity index (χ3n) is 2.92. The standard InChI is InChI=1S/C15H15N3O2/c1-3-14-13(15(19)20-4-2)10-17-18(14)12-7-5-6-11(8-12)9-16/h5-8,10H,3-4H2,1-2H3. The van der Waals surface area contributed by atoms with Crippen molar-refractivity contribution in [2.24, 2.45) is 0 Å². The molecule has 0 unspecified atom stereocenters. The van der Waals surface area contributed by atoms with Crippen molar-refractivity contribution in [2.45, 2.75) is 20.3 Å². The van der Waals surface area contributed by atoms with Crippen molar-refractivity contribution < 1.29 is 9.53 Å². The van der Waals surface area contributed by atoms with Crippen LogP contribution in [0.1, 0.15) is 35.5 Å². The van der Waals surface area contributed by atoms with E-state index in [9.17, 15) is 4.79 Å². The molecular formula is C15H15N3O2. The lowest BCUT2D eigenvalue weighted by Crippen LogP contribution is -2.09. The monoisotopic (exact) mass is 269 g/mol. The largest absolute Gasteiger partial charge is 0.462 e. The van der Waals surface area contributed by atoms with Crippen LogP contribution in [0, 0.1) is 11.3 Å². The van der Waals surface area contributed by atoms with Crippen molar-refractivity contribution in [2.75, 3.05) is 6.61 Å². The lowest BCUT2D eigenvalue weighted by Gasteiger charge is -2.07. The highest BCUT2D eigenvalue weighted by atomic mass is 16.5. The quantitative estimate of drug-likeness (QED) is 0.800. The van der Waals surface area contributed by atoms with Crippen LogP contribution >= 0.6 is 0 Å². The second kappa shape index (κ2) is 6.02. The number of hydrogen-bond acceptors (Lipinski definition) is 4. The molecule has 1 aromatic heterocycles. The Balaban J connectivity index is 2.47. The second-order valence-electron chi connectivity index (χ2n) is 4.15. The predicted molar refractivity (Wildman–Crippen MR) is 73.6 cm³/mol. The molecule has 0 spiro atoms. The maximum Gasteiger partial charge on any atom is 0.341 e. The molecule has 0 atom stereocenters. The fourth-order valence-corrected chi connectivity index (χ4v) is 2.02. The van der Waals surface area contributed by atoms with Gasteiger partial charge in [-0.3, -0.25) is 0 Å². The van der Waals surface area contributed by atoms with Gasteiger partial charge in [0.25, 0.3) is 0 Å². The molecule has 5 nitrogen and oxygen atoms in total. The van der Waals surface area contributed by atoms with Crippen molar-refractivity contribution in [3.8, 4) is 11.8 Å². The summed E-state index contributed by atoms with van der Waals surface area (Å²) in [7, 11) is 0. The van der Waals surface area contributed by atoms with E-state index in [1.807, 2.05) is 13.0 Å². The van der Waals surface area contributed by atoms with E-state index in [-0.39, 0.29) is 5.97 Å². The molecule has 0 saturated heterocycles. The van der Waals surface area contributed by atoms with Crippen LogP contribution in [0.25, 0.3) is 5.69 Å². The maximum absolute atomic E-state index is 11.9. The Morgan fingerprint density at radius 2 is 2.25 bits per heavy atom. The van der Waals surface area contributed by atoms with Gasteiger partial charge >= 0.3 is 5.97 Å². The van der Waals surface area contributed by atoms with Gasteiger partial charge in [0.2, 0.25) is 0 Å². The van der Waals surface area contributed by atoms with Gasteiger partial charge < -0.3 is 4.74 Å². The molecule has 2 rings (SSSR count). The predicted octanol–water partition coefficient (Wildman–Crippen LogP) is 2.48. The third kappa shape index (κ3) is 2.54. The zero-order valence-electron chi connectivity index (χ0n) is 11.5. The molecule has 0 N–H and O–H groups in total. The van der Waals surface area contributed by atoms with Crippen LogP contribution < -0.4 is 0 Å². The first-order valence-electron chi connectivity index (χ1n) is 6.45. The summed E-state index contributed by atoms with van der Waals surface area (Å²) in [6.45, 7) is 4.05. The van der Waals surface area contributed by atoms with E-state index in [2.05, 4.69) is 11.2 Å². The minimum Gasteiger partial charge on any atom is -0.462 e. The molecule has 20 heavy (non-hydrogen) atoms. The van der Waals surface area contributed by atoms with E-state index < -0.39 is 0 Å². The van der Waals surface area contributed by atoms with Crippen molar-refractivity contribution in [1.29, 1.82) is 5.26 Å². The minimum atomic E-state index is -0.368. The molecule has 0 aliphatic rings. The Morgan fingerprint density at radius 1 is 1.45 bits per heavy atom. The van der Waals surface area contributed by atoms with Crippen LogP contribution in [0.3, 0.4) is 0 Å². The van der Waals surface area contributed by atoms with Gasteiger partial charge in [-0.1, -0.05) is 13.0 Å². The lowest BCUT2D eigenvalue weighted by atomic mass is 10.2. The van der Waals surface area contributed by atoms with Crippen molar-refractivity contribution in [1.82, 2.24) is 9.78 Å². The van der Waals surface area contributed by atoms with E-state index in [0.29, 0.717) is 24.2 Å².